The van der Waals surface area contributed by atoms with E-state index in [0.29, 0.717) is 0 Å². The maximum absolute atomic E-state index is 6.29. The number of allylic oxidation sites excluding steroid dienone is 2. The molecule has 0 fully saturated rings. The molecule has 2 heteroatoms. The van der Waals surface area contributed by atoms with E-state index in [4.69, 9.17) is 9.47 Å². The maximum atomic E-state index is 6.29. The molecule has 2 aromatic rings. The van der Waals surface area contributed by atoms with Gasteiger partial charge in [-0.25, -0.2) is 0 Å². The Hall–Kier alpha value is -2.48. The number of aryl methyl sites for hydroxylation is 4. The van der Waals surface area contributed by atoms with Crippen LogP contribution >= 0.6 is 0 Å². The lowest BCUT2D eigenvalue weighted by Gasteiger charge is -2.15. The second kappa shape index (κ2) is 7.03. The van der Waals surface area contributed by atoms with Gasteiger partial charge in [0, 0.05) is 5.57 Å². The minimum Gasteiger partial charge on any atom is -0.460 e. The second-order valence-corrected chi connectivity index (χ2v) is 7.28. The van der Waals surface area contributed by atoms with Crippen LogP contribution in [0, 0.1) is 33.6 Å². The first-order chi connectivity index (χ1) is 12.3. The molecule has 1 aliphatic carbocycles. The van der Waals surface area contributed by atoms with Gasteiger partial charge in [0.15, 0.2) is 0 Å². The topological polar surface area (TPSA) is 18.5 Å². The van der Waals surface area contributed by atoms with Crippen molar-refractivity contribution in [1.29, 1.82) is 0 Å². The van der Waals surface area contributed by atoms with Gasteiger partial charge in [-0.15, -0.1) is 0 Å². The normalized spacial score (nSPS) is 15.0. The Morgan fingerprint density at radius 3 is 1.46 bits per heavy atom. The third-order valence-electron chi connectivity index (χ3n) is 5.01. The highest BCUT2D eigenvalue weighted by molar-refractivity contribution is 5.56. The SMILES string of the molecule is C[C]1C(C)=C(Oc2ccc(C)cc2C)C(C)=C1Oc1ccc(C)cc1C. The van der Waals surface area contributed by atoms with E-state index >= 15 is 0 Å². The Labute approximate surface area is 157 Å². The van der Waals surface area contributed by atoms with Crippen molar-refractivity contribution in [3.8, 4) is 11.5 Å². The molecule has 0 atom stereocenters. The zero-order chi connectivity index (χ0) is 19.0. The summed E-state index contributed by atoms with van der Waals surface area (Å²) < 4.78 is 12.6. The van der Waals surface area contributed by atoms with Crippen molar-refractivity contribution in [1.82, 2.24) is 0 Å². The smallest absolute Gasteiger partial charge is 0.133 e. The molecule has 2 aromatic carbocycles. The van der Waals surface area contributed by atoms with Gasteiger partial charge in [0.2, 0.25) is 0 Å². The number of hydrogen-bond acceptors (Lipinski definition) is 2. The molecule has 0 bridgehead atoms. The fraction of sp³-hybridized carbons (Fsp3) is 0.292. The minimum absolute atomic E-state index is 0.893. The lowest BCUT2D eigenvalue weighted by molar-refractivity contribution is 0.407. The van der Waals surface area contributed by atoms with Crippen molar-refractivity contribution in [2.75, 3.05) is 0 Å². The van der Waals surface area contributed by atoms with E-state index in [-0.39, 0.29) is 0 Å². The van der Waals surface area contributed by atoms with Crippen LogP contribution in [0.4, 0.5) is 0 Å². The van der Waals surface area contributed by atoms with Crippen LogP contribution in [0.5, 0.6) is 11.5 Å². The highest BCUT2D eigenvalue weighted by Crippen LogP contribution is 2.41. The molecule has 2 nitrogen and oxygen atoms in total. The first kappa shape index (κ1) is 18.3. The molecule has 1 radical (unpaired) electrons. The minimum atomic E-state index is 0.893. The van der Waals surface area contributed by atoms with Gasteiger partial charge >= 0.3 is 0 Å². The summed E-state index contributed by atoms with van der Waals surface area (Å²) in [4.78, 5) is 0. The zero-order valence-electron chi connectivity index (χ0n) is 16.8. The molecule has 0 unspecified atom stereocenters. The van der Waals surface area contributed by atoms with E-state index in [1.165, 1.54) is 11.1 Å². The predicted molar refractivity (Wildman–Crippen MR) is 107 cm³/mol. The van der Waals surface area contributed by atoms with Crippen molar-refractivity contribution in [3.05, 3.63) is 87.2 Å². The van der Waals surface area contributed by atoms with Crippen LogP contribution in [0.1, 0.15) is 43.0 Å². The average molecular weight is 347 g/mol. The van der Waals surface area contributed by atoms with Crippen molar-refractivity contribution in [2.24, 2.45) is 0 Å². The maximum Gasteiger partial charge on any atom is 0.133 e. The lowest BCUT2D eigenvalue weighted by Crippen LogP contribution is -2.04. The number of rotatable bonds is 4. The summed E-state index contributed by atoms with van der Waals surface area (Å²) in [5, 5.41) is 0. The number of benzene rings is 2. The molecule has 1 aliphatic rings. The van der Waals surface area contributed by atoms with E-state index in [2.05, 4.69) is 72.7 Å². The lowest BCUT2D eigenvalue weighted by atomic mass is 10.1. The first-order valence-electron chi connectivity index (χ1n) is 9.04. The fourth-order valence-electron chi connectivity index (χ4n) is 3.36. The van der Waals surface area contributed by atoms with Crippen molar-refractivity contribution in [2.45, 2.75) is 48.5 Å². The van der Waals surface area contributed by atoms with E-state index in [9.17, 15) is 0 Å². The molecule has 0 saturated heterocycles. The van der Waals surface area contributed by atoms with Gasteiger partial charge in [-0.05, 0) is 77.3 Å². The van der Waals surface area contributed by atoms with Crippen molar-refractivity contribution < 1.29 is 9.47 Å². The molecule has 0 aliphatic heterocycles. The third-order valence-corrected chi connectivity index (χ3v) is 5.01. The van der Waals surface area contributed by atoms with Gasteiger partial charge in [-0.3, -0.25) is 0 Å². The molecule has 0 amide bonds. The molecule has 0 N–H and O–H groups in total. The molecule has 3 rings (SSSR count). The number of ether oxygens (including phenoxy) is 2. The largest absolute Gasteiger partial charge is 0.460 e. The zero-order valence-corrected chi connectivity index (χ0v) is 16.8. The summed E-state index contributed by atoms with van der Waals surface area (Å²) in [6.07, 6.45) is 0. The van der Waals surface area contributed by atoms with Gasteiger partial charge in [0.25, 0.3) is 0 Å². The van der Waals surface area contributed by atoms with Crippen molar-refractivity contribution >= 4 is 0 Å². The average Bonchev–Trinajstić information content (AvgIpc) is 2.77. The summed E-state index contributed by atoms with van der Waals surface area (Å²) in [6.45, 7) is 14.6. The summed E-state index contributed by atoms with van der Waals surface area (Å²) in [5.41, 5.74) is 6.92. The van der Waals surface area contributed by atoms with E-state index in [0.717, 1.165) is 51.2 Å². The molecule has 0 spiro atoms. The molecular formula is C24H27O2. The van der Waals surface area contributed by atoms with Crippen LogP contribution in [-0.2, 0) is 0 Å². The standard InChI is InChI=1S/C24H27O2/c1-14-8-10-21(16(3)12-14)25-23-18(5)19(6)24(20(23)7)26-22-11-9-15(2)13-17(22)4/h8-13H,1-7H3. The third kappa shape index (κ3) is 3.41. The van der Waals surface area contributed by atoms with Crippen LogP contribution in [-0.4, -0.2) is 0 Å². The van der Waals surface area contributed by atoms with Gasteiger partial charge in [0.05, 0.1) is 5.92 Å². The van der Waals surface area contributed by atoms with Gasteiger partial charge in [-0.1, -0.05) is 35.4 Å². The van der Waals surface area contributed by atoms with E-state index < -0.39 is 0 Å². The van der Waals surface area contributed by atoms with Crippen LogP contribution in [0.15, 0.2) is 59.1 Å². The Bertz CT molecular complexity index is 916. The summed E-state index contributed by atoms with van der Waals surface area (Å²) in [6, 6.07) is 12.5. The Balaban J connectivity index is 1.91. The van der Waals surface area contributed by atoms with Crippen LogP contribution in [0.3, 0.4) is 0 Å². The van der Waals surface area contributed by atoms with E-state index in [1.54, 1.807) is 0 Å². The Morgan fingerprint density at radius 1 is 0.538 bits per heavy atom. The monoisotopic (exact) mass is 347 g/mol. The Morgan fingerprint density at radius 2 is 1.00 bits per heavy atom. The predicted octanol–water partition coefficient (Wildman–Crippen LogP) is 6.53. The van der Waals surface area contributed by atoms with Crippen LogP contribution < -0.4 is 9.47 Å². The summed E-state index contributed by atoms with van der Waals surface area (Å²) in [5.74, 6) is 4.71. The number of hydrogen-bond donors (Lipinski definition) is 0. The summed E-state index contributed by atoms with van der Waals surface area (Å²) >= 11 is 0. The highest BCUT2D eigenvalue weighted by atomic mass is 16.5. The van der Waals surface area contributed by atoms with Gasteiger partial charge < -0.3 is 9.47 Å². The molecule has 26 heavy (non-hydrogen) atoms. The van der Waals surface area contributed by atoms with Crippen LogP contribution in [0.2, 0.25) is 0 Å². The molecule has 0 saturated carbocycles. The van der Waals surface area contributed by atoms with E-state index in [1.807, 2.05) is 12.1 Å². The quantitative estimate of drug-likeness (QED) is 0.625. The van der Waals surface area contributed by atoms with Crippen molar-refractivity contribution in [3.63, 3.8) is 0 Å². The first-order valence-corrected chi connectivity index (χ1v) is 9.04. The second-order valence-electron chi connectivity index (χ2n) is 7.28. The van der Waals surface area contributed by atoms with Crippen LogP contribution in [0.25, 0.3) is 0 Å². The molecule has 0 aromatic heterocycles. The fourth-order valence-corrected chi connectivity index (χ4v) is 3.36. The summed E-state index contributed by atoms with van der Waals surface area (Å²) in [7, 11) is 0. The van der Waals surface area contributed by atoms with Gasteiger partial charge in [0.1, 0.15) is 23.0 Å². The highest BCUT2D eigenvalue weighted by Gasteiger charge is 2.31. The van der Waals surface area contributed by atoms with Gasteiger partial charge in [-0.2, -0.15) is 0 Å². The molecule has 135 valence electrons. The molecule has 0 heterocycles. The molecular weight excluding hydrogens is 320 g/mol. The Kier molecular flexibility index (Phi) is 4.95.